The summed E-state index contributed by atoms with van der Waals surface area (Å²) in [5, 5.41) is 8.89. The number of nitrogens with zero attached hydrogens (tertiary/aromatic N) is 3. The third-order valence-corrected chi connectivity index (χ3v) is 4.50. The van der Waals surface area contributed by atoms with Gasteiger partial charge in [-0.3, -0.25) is 4.98 Å². The van der Waals surface area contributed by atoms with E-state index in [0.717, 1.165) is 5.56 Å². The molecule has 2 N–H and O–H groups in total. The van der Waals surface area contributed by atoms with Gasteiger partial charge in [0.1, 0.15) is 0 Å². The molecule has 0 fully saturated rings. The Balaban J connectivity index is 1.48. The molecule has 9 nitrogen and oxygen atoms in total. The largest absolute Gasteiger partial charge is 0.462 e. The fraction of sp³-hybridized carbons (Fsp3) is 0.176. The SMILES string of the molecule is NS(=O)(=O)c1ccc(C(=O)OCCCc2nc(-c3cccnc3)no2)cc1. The average Bonchev–Trinajstić information content (AvgIpc) is 3.14. The van der Waals surface area contributed by atoms with Gasteiger partial charge in [-0.1, -0.05) is 5.16 Å². The number of sulfonamides is 1. The van der Waals surface area contributed by atoms with Crippen molar-refractivity contribution in [3.8, 4) is 11.4 Å². The van der Waals surface area contributed by atoms with Crippen molar-refractivity contribution in [2.45, 2.75) is 17.7 Å². The van der Waals surface area contributed by atoms with E-state index in [9.17, 15) is 13.2 Å². The monoisotopic (exact) mass is 388 g/mol. The number of rotatable bonds is 7. The minimum absolute atomic E-state index is 0.0696. The Morgan fingerprint density at radius 1 is 1.19 bits per heavy atom. The van der Waals surface area contributed by atoms with Crippen molar-refractivity contribution < 1.29 is 22.5 Å². The first-order valence-corrected chi connectivity index (χ1v) is 9.51. The van der Waals surface area contributed by atoms with Crippen LogP contribution in [0.3, 0.4) is 0 Å². The molecule has 27 heavy (non-hydrogen) atoms. The van der Waals surface area contributed by atoms with Crippen molar-refractivity contribution in [2.24, 2.45) is 5.14 Å². The van der Waals surface area contributed by atoms with Gasteiger partial charge in [0.05, 0.1) is 17.1 Å². The van der Waals surface area contributed by atoms with Crippen LogP contribution in [-0.4, -0.2) is 36.1 Å². The molecule has 3 aromatic rings. The number of primary sulfonamides is 1. The maximum Gasteiger partial charge on any atom is 0.338 e. The predicted molar refractivity (Wildman–Crippen MR) is 93.9 cm³/mol. The van der Waals surface area contributed by atoms with Gasteiger partial charge in [-0.2, -0.15) is 4.98 Å². The van der Waals surface area contributed by atoms with E-state index in [4.69, 9.17) is 14.4 Å². The molecular weight excluding hydrogens is 372 g/mol. The quantitative estimate of drug-likeness (QED) is 0.475. The highest BCUT2D eigenvalue weighted by Crippen LogP contribution is 2.14. The Morgan fingerprint density at radius 3 is 2.63 bits per heavy atom. The molecule has 3 rings (SSSR count). The summed E-state index contributed by atoms with van der Waals surface area (Å²) in [5.41, 5.74) is 0.987. The van der Waals surface area contributed by atoms with Crippen LogP contribution in [0.2, 0.25) is 0 Å². The van der Waals surface area contributed by atoms with Crippen LogP contribution in [0.5, 0.6) is 0 Å². The number of carbonyl (C=O) groups is 1. The predicted octanol–water partition coefficient (Wildman–Crippen LogP) is 1.57. The lowest BCUT2D eigenvalue weighted by Crippen LogP contribution is -2.13. The Labute approximate surface area is 155 Å². The smallest absolute Gasteiger partial charge is 0.338 e. The summed E-state index contributed by atoms with van der Waals surface area (Å²) in [4.78, 5) is 20.1. The Bertz CT molecular complexity index is 1020. The number of aromatic nitrogens is 3. The van der Waals surface area contributed by atoms with E-state index in [-0.39, 0.29) is 17.1 Å². The summed E-state index contributed by atoms with van der Waals surface area (Å²) in [6.45, 7) is 0.153. The topological polar surface area (TPSA) is 138 Å². The molecule has 0 unspecified atom stereocenters. The highest BCUT2D eigenvalue weighted by molar-refractivity contribution is 7.89. The molecule has 1 aromatic carbocycles. The summed E-state index contributed by atoms with van der Waals surface area (Å²) in [5.74, 6) is 0.324. The number of aryl methyl sites for hydroxylation is 1. The molecule has 0 saturated heterocycles. The van der Waals surface area contributed by atoms with Crippen LogP contribution in [0.4, 0.5) is 0 Å². The van der Waals surface area contributed by atoms with Gasteiger partial charge in [-0.15, -0.1) is 0 Å². The van der Waals surface area contributed by atoms with Crippen molar-refractivity contribution in [1.29, 1.82) is 0 Å². The van der Waals surface area contributed by atoms with Crippen LogP contribution in [0.15, 0.2) is 58.2 Å². The minimum Gasteiger partial charge on any atom is -0.462 e. The number of hydrogen-bond acceptors (Lipinski definition) is 8. The molecule has 10 heteroatoms. The van der Waals surface area contributed by atoms with Crippen LogP contribution in [-0.2, 0) is 21.2 Å². The minimum atomic E-state index is -3.79. The molecule has 2 heterocycles. The molecule has 0 aliphatic carbocycles. The van der Waals surface area contributed by atoms with Crippen molar-refractivity contribution in [2.75, 3.05) is 6.61 Å². The Kier molecular flexibility index (Phi) is 5.57. The van der Waals surface area contributed by atoms with Gasteiger partial charge in [0.25, 0.3) is 0 Å². The summed E-state index contributed by atoms with van der Waals surface area (Å²) in [6, 6.07) is 8.81. The molecule has 2 aromatic heterocycles. The van der Waals surface area contributed by atoms with Gasteiger partial charge in [0, 0.05) is 24.4 Å². The zero-order valence-electron chi connectivity index (χ0n) is 14.1. The normalized spacial score (nSPS) is 11.3. The second-order valence-electron chi connectivity index (χ2n) is 5.56. The van der Waals surface area contributed by atoms with Crippen LogP contribution in [0, 0.1) is 0 Å². The first kappa shape index (κ1) is 18.7. The van der Waals surface area contributed by atoms with Crippen molar-refractivity contribution in [1.82, 2.24) is 15.1 Å². The third kappa shape index (κ3) is 4.96. The molecule has 0 aliphatic heterocycles. The third-order valence-electron chi connectivity index (χ3n) is 3.57. The van der Waals surface area contributed by atoms with Gasteiger partial charge in [-0.05, 0) is 42.8 Å². The highest BCUT2D eigenvalue weighted by Gasteiger charge is 2.12. The van der Waals surface area contributed by atoms with Gasteiger partial charge < -0.3 is 9.26 Å². The maximum absolute atomic E-state index is 11.9. The van der Waals surface area contributed by atoms with Crippen LogP contribution >= 0.6 is 0 Å². The molecule has 0 amide bonds. The maximum atomic E-state index is 11.9. The molecule has 0 aliphatic rings. The van der Waals surface area contributed by atoms with E-state index < -0.39 is 16.0 Å². The standard InChI is InChI=1S/C17H16N4O5S/c18-27(23,24)14-7-5-12(6-8-14)17(22)25-10-2-4-15-20-16(21-26-15)13-3-1-9-19-11-13/h1,3,5-9,11H,2,4,10H2,(H2,18,23,24). The second-order valence-corrected chi connectivity index (χ2v) is 7.12. The van der Waals surface area contributed by atoms with Crippen molar-refractivity contribution >= 4 is 16.0 Å². The zero-order valence-corrected chi connectivity index (χ0v) is 14.9. The molecule has 0 atom stereocenters. The molecule has 140 valence electrons. The van der Waals surface area contributed by atoms with Crippen LogP contribution in [0.1, 0.15) is 22.7 Å². The lowest BCUT2D eigenvalue weighted by atomic mass is 10.2. The number of benzene rings is 1. The van der Waals surface area contributed by atoms with Crippen LogP contribution in [0.25, 0.3) is 11.4 Å². The summed E-state index contributed by atoms with van der Waals surface area (Å²) >= 11 is 0. The van der Waals surface area contributed by atoms with Gasteiger partial charge in [0.15, 0.2) is 0 Å². The molecule has 0 saturated carbocycles. The number of pyridine rings is 1. The first-order chi connectivity index (χ1) is 12.9. The molecule has 0 spiro atoms. The van der Waals surface area contributed by atoms with E-state index in [1.807, 2.05) is 6.07 Å². The average molecular weight is 388 g/mol. The number of carbonyl (C=O) groups excluding carboxylic acids is 1. The Hall–Kier alpha value is -3.11. The highest BCUT2D eigenvalue weighted by atomic mass is 32.2. The first-order valence-electron chi connectivity index (χ1n) is 7.96. The van der Waals surface area contributed by atoms with E-state index in [0.29, 0.717) is 24.6 Å². The number of esters is 1. The summed E-state index contributed by atoms with van der Waals surface area (Å²) in [6.07, 6.45) is 4.24. The number of nitrogens with two attached hydrogens (primary N) is 1. The van der Waals surface area contributed by atoms with E-state index >= 15 is 0 Å². The number of hydrogen-bond donors (Lipinski definition) is 1. The lowest BCUT2D eigenvalue weighted by molar-refractivity contribution is 0.0498. The van der Waals surface area contributed by atoms with Gasteiger partial charge >= 0.3 is 5.97 Å². The van der Waals surface area contributed by atoms with Crippen molar-refractivity contribution in [3.05, 3.63) is 60.2 Å². The Morgan fingerprint density at radius 2 is 1.96 bits per heavy atom. The summed E-state index contributed by atoms with van der Waals surface area (Å²) < 4.78 is 32.7. The van der Waals surface area contributed by atoms with Gasteiger partial charge in [0.2, 0.25) is 21.7 Å². The van der Waals surface area contributed by atoms with Crippen LogP contribution < -0.4 is 5.14 Å². The van der Waals surface area contributed by atoms with Gasteiger partial charge in [-0.25, -0.2) is 18.4 Å². The fourth-order valence-corrected chi connectivity index (χ4v) is 2.74. The summed E-state index contributed by atoms with van der Waals surface area (Å²) in [7, 11) is -3.79. The lowest BCUT2D eigenvalue weighted by Gasteiger charge is -2.04. The molecule has 0 bridgehead atoms. The number of ether oxygens (including phenoxy) is 1. The fourth-order valence-electron chi connectivity index (χ4n) is 2.22. The molecular formula is C17H16N4O5S. The van der Waals surface area contributed by atoms with Crippen molar-refractivity contribution in [3.63, 3.8) is 0 Å². The van der Waals surface area contributed by atoms with E-state index in [1.54, 1.807) is 18.5 Å². The second kappa shape index (κ2) is 8.06. The zero-order chi connectivity index (χ0) is 19.3. The molecule has 0 radical (unpaired) electrons. The van der Waals surface area contributed by atoms with E-state index in [1.165, 1.54) is 24.3 Å². The van der Waals surface area contributed by atoms with E-state index in [2.05, 4.69) is 15.1 Å².